The molecule has 0 spiro atoms. The number of hydrogen-bond donors (Lipinski definition) is 2. The third kappa shape index (κ3) is 3.44. The molecule has 26 heavy (non-hydrogen) atoms. The highest BCUT2D eigenvalue weighted by atomic mass is 16.1. The lowest BCUT2D eigenvalue weighted by Gasteiger charge is -2.05. The van der Waals surface area contributed by atoms with Gasteiger partial charge in [-0.2, -0.15) is 0 Å². The van der Waals surface area contributed by atoms with Crippen molar-refractivity contribution >= 4 is 16.9 Å². The predicted molar refractivity (Wildman–Crippen MR) is 99.1 cm³/mol. The quantitative estimate of drug-likeness (QED) is 0.584. The molecule has 4 rings (SSSR count). The second-order valence-electron chi connectivity index (χ2n) is 5.98. The van der Waals surface area contributed by atoms with Gasteiger partial charge in [0.05, 0.1) is 6.42 Å². The Bertz CT molecular complexity index is 1030. The molecule has 1 amide bonds. The molecule has 0 saturated carbocycles. The Labute approximate surface area is 150 Å². The third-order valence-electron chi connectivity index (χ3n) is 4.19. The van der Waals surface area contributed by atoms with Crippen molar-refractivity contribution in [1.29, 1.82) is 0 Å². The van der Waals surface area contributed by atoms with Gasteiger partial charge in [0.2, 0.25) is 5.91 Å². The van der Waals surface area contributed by atoms with Crippen LogP contribution in [0.15, 0.2) is 67.5 Å². The lowest BCUT2D eigenvalue weighted by molar-refractivity contribution is -0.120. The van der Waals surface area contributed by atoms with E-state index >= 15 is 0 Å². The first-order valence-electron chi connectivity index (χ1n) is 8.31. The summed E-state index contributed by atoms with van der Waals surface area (Å²) < 4.78 is 0. The molecule has 4 aromatic heterocycles. The van der Waals surface area contributed by atoms with Crippen LogP contribution < -0.4 is 5.32 Å². The summed E-state index contributed by atoms with van der Waals surface area (Å²) in [7, 11) is 0. The zero-order valence-electron chi connectivity index (χ0n) is 14.0. The van der Waals surface area contributed by atoms with E-state index in [0.29, 0.717) is 13.0 Å². The van der Waals surface area contributed by atoms with Crippen molar-refractivity contribution in [2.75, 3.05) is 0 Å². The van der Waals surface area contributed by atoms with Crippen molar-refractivity contribution in [2.24, 2.45) is 0 Å². The van der Waals surface area contributed by atoms with Crippen LogP contribution in [0.1, 0.15) is 11.1 Å². The molecular weight excluding hydrogens is 326 g/mol. The summed E-state index contributed by atoms with van der Waals surface area (Å²) in [5.41, 5.74) is 4.71. The average Bonchev–Trinajstić information content (AvgIpc) is 3.10. The van der Waals surface area contributed by atoms with Gasteiger partial charge >= 0.3 is 0 Å². The van der Waals surface area contributed by atoms with E-state index in [1.807, 2.05) is 36.7 Å². The van der Waals surface area contributed by atoms with Crippen molar-refractivity contribution in [1.82, 2.24) is 25.3 Å². The monoisotopic (exact) mass is 343 g/mol. The maximum atomic E-state index is 12.3. The number of amides is 1. The van der Waals surface area contributed by atoms with Gasteiger partial charge in [-0.25, -0.2) is 4.98 Å². The Hall–Kier alpha value is -3.54. The molecule has 0 atom stereocenters. The molecule has 0 aromatic carbocycles. The lowest BCUT2D eigenvalue weighted by Crippen LogP contribution is -2.24. The number of H-pyrrole nitrogens is 1. The molecule has 0 saturated heterocycles. The number of pyridine rings is 3. The van der Waals surface area contributed by atoms with E-state index in [-0.39, 0.29) is 5.91 Å². The number of carbonyl (C=O) groups excluding carboxylic acids is 1. The molecule has 0 radical (unpaired) electrons. The molecule has 4 heterocycles. The fourth-order valence-electron chi connectivity index (χ4n) is 2.85. The van der Waals surface area contributed by atoms with Crippen molar-refractivity contribution < 1.29 is 4.79 Å². The smallest absolute Gasteiger partial charge is 0.224 e. The minimum absolute atomic E-state index is 0.0379. The van der Waals surface area contributed by atoms with Crippen LogP contribution in [0.4, 0.5) is 0 Å². The minimum Gasteiger partial charge on any atom is -0.352 e. The Morgan fingerprint density at radius 1 is 1.04 bits per heavy atom. The van der Waals surface area contributed by atoms with Crippen LogP contribution in [-0.2, 0) is 17.8 Å². The first-order chi connectivity index (χ1) is 12.8. The maximum Gasteiger partial charge on any atom is 0.224 e. The van der Waals surface area contributed by atoms with E-state index in [1.54, 1.807) is 24.8 Å². The standard InChI is InChI=1S/C20H17N5O/c26-19(23-11-14-2-1-5-22-10-14)9-17-13-25-20-18(17)8-16(12-24-20)15-3-6-21-7-4-15/h1-8,10,12-13H,9,11H2,(H,23,26)(H,24,25). The normalized spacial score (nSPS) is 10.8. The molecule has 6 heteroatoms. The SMILES string of the molecule is O=C(Cc1c[nH]c2ncc(-c3ccncc3)cc12)NCc1cccnc1. The van der Waals surface area contributed by atoms with E-state index in [4.69, 9.17) is 0 Å². The molecule has 6 nitrogen and oxygen atoms in total. The topological polar surface area (TPSA) is 83.6 Å². The van der Waals surface area contributed by atoms with Gasteiger partial charge in [-0.3, -0.25) is 14.8 Å². The largest absolute Gasteiger partial charge is 0.352 e. The van der Waals surface area contributed by atoms with Crippen molar-refractivity contribution in [2.45, 2.75) is 13.0 Å². The van der Waals surface area contributed by atoms with Crippen LogP contribution in [0.3, 0.4) is 0 Å². The molecule has 0 aliphatic rings. The van der Waals surface area contributed by atoms with Crippen molar-refractivity contribution in [3.63, 3.8) is 0 Å². The molecule has 0 aliphatic carbocycles. The van der Waals surface area contributed by atoms with Gasteiger partial charge in [0, 0.05) is 54.7 Å². The van der Waals surface area contributed by atoms with Crippen LogP contribution in [-0.4, -0.2) is 25.8 Å². The number of hydrogen-bond acceptors (Lipinski definition) is 4. The van der Waals surface area contributed by atoms with Gasteiger partial charge < -0.3 is 10.3 Å². The molecule has 128 valence electrons. The van der Waals surface area contributed by atoms with Gasteiger partial charge in [-0.15, -0.1) is 0 Å². The van der Waals surface area contributed by atoms with Crippen LogP contribution >= 0.6 is 0 Å². The summed E-state index contributed by atoms with van der Waals surface area (Å²) in [4.78, 5) is 28.0. The minimum atomic E-state index is -0.0379. The highest BCUT2D eigenvalue weighted by Crippen LogP contribution is 2.24. The molecule has 0 aliphatic heterocycles. The number of rotatable bonds is 5. The average molecular weight is 343 g/mol. The fourth-order valence-corrected chi connectivity index (χ4v) is 2.85. The Kier molecular flexibility index (Phi) is 4.38. The Morgan fingerprint density at radius 2 is 1.92 bits per heavy atom. The van der Waals surface area contributed by atoms with E-state index in [0.717, 1.165) is 33.3 Å². The van der Waals surface area contributed by atoms with Gasteiger partial charge in [0.25, 0.3) is 0 Å². The summed E-state index contributed by atoms with van der Waals surface area (Å²) in [5, 5.41) is 3.88. The van der Waals surface area contributed by atoms with Crippen LogP contribution in [0.2, 0.25) is 0 Å². The van der Waals surface area contributed by atoms with E-state index < -0.39 is 0 Å². The Morgan fingerprint density at radius 3 is 2.73 bits per heavy atom. The summed E-state index contributed by atoms with van der Waals surface area (Å²) >= 11 is 0. The number of aromatic amines is 1. The molecule has 0 unspecified atom stereocenters. The molecule has 2 N–H and O–H groups in total. The summed E-state index contributed by atoms with van der Waals surface area (Å²) in [5.74, 6) is -0.0379. The highest BCUT2D eigenvalue weighted by Gasteiger charge is 2.11. The van der Waals surface area contributed by atoms with Crippen molar-refractivity contribution in [3.8, 4) is 11.1 Å². The number of nitrogens with zero attached hydrogens (tertiary/aromatic N) is 3. The van der Waals surface area contributed by atoms with Crippen LogP contribution in [0, 0.1) is 0 Å². The van der Waals surface area contributed by atoms with Gasteiger partial charge in [0.15, 0.2) is 0 Å². The lowest BCUT2D eigenvalue weighted by atomic mass is 10.1. The zero-order chi connectivity index (χ0) is 17.8. The number of carbonyl (C=O) groups is 1. The van der Waals surface area contributed by atoms with Gasteiger partial charge in [-0.05, 0) is 41.0 Å². The van der Waals surface area contributed by atoms with Crippen LogP contribution in [0.5, 0.6) is 0 Å². The summed E-state index contributed by atoms with van der Waals surface area (Å²) in [6, 6.07) is 9.72. The first kappa shape index (κ1) is 16.0. The zero-order valence-corrected chi connectivity index (χ0v) is 14.0. The maximum absolute atomic E-state index is 12.3. The second-order valence-corrected chi connectivity index (χ2v) is 5.98. The Balaban J connectivity index is 1.52. The molecule has 4 aromatic rings. The molecule has 0 bridgehead atoms. The number of fused-ring (bicyclic) bond motifs is 1. The van der Waals surface area contributed by atoms with Gasteiger partial charge in [0.1, 0.15) is 5.65 Å². The van der Waals surface area contributed by atoms with Gasteiger partial charge in [-0.1, -0.05) is 6.07 Å². The van der Waals surface area contributed by atoms with E-state index in [2.05, 4.69) is 31.3 Å². The highest BCUT2D eigenvalue weighted by molar-refractivity contribution is 5.89. The first-order valence-corrected chi connectivity index (χ1v) is 8.31. The van der Waals surface area contributed by atoms with E-state index in [1.165, 1.54) is 0 Å². The number of aromatic nitrogens is 4. The second kappa shape index (κ2) is 7.14. The fraction of sp³-hybridized carbons (Fsp3) is 0.100. The summed E-state index contributed by atoms with van der Waals surface area (Å²) in [6.07, 6.45) is 10.9. The van der Waals surface area contributed by atoms with E-state index in [9.17, 15) is 4.79 Å². The molecule has 0 fully saturated rings. The van der Waals surface area contributed by atoms with Crippen molar-refractivity contribution in [3.05, 3.63) is 78.6 Å². The molecular formula is C20H17N5O. The third-order valence-corrected chi connectivity index (χ3v) is 4.19. The summed E-state index contributed by atoms with van der Waals surface area (Å²) in [6.45, 7) is 0.468. The predicted octanol–water partition coefficient (Wildman–Crippen LogP) is 2.88. The van der Waals surface area contributed by atoms with Crippen LogP contribution in [0.25, 0.3) is 22.2 Å². The number of nitrogens with one attached hydrogen (secondary N) is 2.